The van der Waals surface area contributed by atoms with Crippen molar-refractivity contribution in [2.75, 3.05) is 26.2 Å². The number of benzene rings is 1. The zero-order chi connectivity index (χ0) is 20.7. The molecule has 1 saturated heterocycles. The molecule has 1 aromatic carbocycles. The van der Waals surface area contributed by atoms with Gasteiger partial charge in [-0.15, -0.1) is 0 Å². The zero-order valence-corrected chi connectivity index (χ0v) is 16.8. The first kappa shape index (κ1) is 18.8. The van der Waals surface area contributed by atoms with Crippen molar-refractivity contribution in [1.82, 2.24) is 19.8 Å². The van der Waals surface area contributed by atoms with E-state index >= 15 is 0 Å². The van der Waals surface area contributed by atoms with E-state index in [-0.39, 0.29) is 11.8 Å². The van der Waals surface area contributed by atoms with Gasteiger partial charge in [0.15, 0.2) is 0 Å². The molecule has 2 aromatic heterocycles. The number of carbonyl (C=O) groups excluding carboxylic acids is 2. The lowest BCUT2D eigenvalue weighted by Crippen LogP contribution is -2.62. The predicted molar refractivity (Wildman–Crippen MR) is 115 cm³/mol. The number of aromatic nitrogens is 2. The summed E-state index contributed by atoms with van der Waals surface area (Å²) in [6.07, 6.45) is 4.42. The number of H-pyrrole nitrogens is 1. The van der Waals surface area contributed by atoms with Gasteiger partial charge in [-0.05, 0) is 49.6 Å². The number of aromatic amines is 1. The first-order chi connectivity index (χ1) is 14.5. The molecule has 5 rings (SSSR count). The lowest BCUT2D eigenvalue weighted by molar-refractivity contribution is -0.141. The van der Waals surface area contributed by atoms with Crippen LogP contribution in [0.25, 0.3) is 22.3 Å². The molecule has 7 heteroatoms. The summed E-state index contributed by atoms with van der Waals surface area (Å²) in [4.78, 5) is 36.9. The molecule has 3 heterocycles. The molecule has 1 saturated carbocycles. The topological polar surface area (TPSA) is 95.3 Å². The number of pyridine rings is 1. The summed E-state index contributed by atoms with van der Waals surface area (Å²) in [5, 5.41) is 0. The van der Waals surface area contributed by atoms with Gasteiger partial charge in [0.2, 0.25) is 5.91 Å². The Morgan fingerprint density at radius 2 is 1.63 bits per heavy atom. The van der Waals surface area contributed by atoms with Crippen LogP contribution in [0.4, 0.5) is 0 Å². The average molecular weight is 403 g/mol. The maximum absolute atomic E-state index is 12.9. The first-order valence-corrected chi connectivity index (χ1v) is 10.5. The van der Waals surface area contributed by atoms with Gasteiger partial charge >= 0.3 is 0 Å². The molecule has 0 spiro atoms. The molecule has 2 fully saturated rings. The molecule has 2 aliphatic rings. The normalized spacial score (nSPS) is 18.3. The number of rotatable bonds is 3. The first-order valence-electron chi connectivity index (χ1n) is 10.5. The Hall–Kier alpha value is -3.19. The Bertz CT molecular complexity index is 1090. The predicted octanol–water partition coefficient (Wildman–Crippen LogP) is 2.40. The molecular weight excluding hydrogens is 378 g/mol. The number of nitrogens with two attached hydrogens (primary N) is 1. The Morgan fingerprint density at radius 3 is 2.30 bits per heavy atom. The molecule has 0 radical (unpaired) electrons. The lowest BCUT2D eigenvalue weighted by atomic mass is 9.76. The number of hydrogen-bond acceptors (Lipinski definition) is 4. The van der Waals surface area contributed by atoms with Crippen molar-refractivity contribution < 1.29 is 9.59 Å². The minimum atomic E-state index is -0.667. The summed E-state index contributed by atoms with van der Waals surface area (Å²) in [6, 6.07) is 13.5. The van der Waals surface area contributed by atoms with Crippen molar-refractivity contribution in [1.29, 1.82) is 0 Å². The SMILES string of the molecule is NC1(C(=O)N2CCN(C(=O)c3ccc(-c4ccc5[nH]ccc5n4)cc3)CC2)CCC1. The Kier molecular flexibility index (Phi) is 4.55. The van der Waals surface area contributed by atoms with Crippen LogP contribution in [0.2, 0.25) is 0 Å². The number of amides is 2. The summed E-state index contributed by atoms with van der Waals surface area (Å²) >= 11 is 0. The number of hydrogen-bond donors (Lipinski definition) is 2. The standard InChI is InChI=1S/C23H25N5O2/c24-23(9-1-10-23)22(30)28-14-12-27(13-15-28)21(29)17-4-2-16(3-5-17)18-6-7-19-20(26-18)8-11-25-19/h2-8,11,25H,1,9-10,12-15,24H2. The molecule has 30 heavy (non-hydrogen) atoms. The summed E-state index contributed by atoms with van der Waals surface area (Å²) in [5.74, 6) is 0.0332. The minimum Gasteiger partial charge on any atom is -0.360 e. The van der Waals surface area contributed by atoms with Crippen molar-refractivity contribution in [2.24, 2.45) is 5.73 Å². The number of fused-ring (bicyclic) bond motifs is 1. The lowest BCUT2D eigenvalue weighted by Gasteiger charge is -2.43. The van der Waals surface area contributed by atoms with Gasteiger partial charge in [-0.1, -0.05) is 12.1 Å². The molecule has 1 aliphatic carbocycles. The van der Waals surface area contributed by atoms with E-state index in [9.17, 15) is 9.59 Å². The summed E-state index contributed by atoms with van der Waals surface area (Å²) < 4.78 is 0. The monoisotopic (exact) mass is 403 g/mol. The molecule has 7 nitrogen and oxygen atoms in total. The van der Waals surface area contributed by atoms with E-state index in [2.05, 4.69) is 9.97 Å². The van der Waals surface area contributed by atoms with Crippen LogP contribution in [0.15, 0.2) is 48.7 Å². The maximum Gasteiger partial charge on any atom is 0.253 e. The van der Waals surface area contributed by atoms with Gasteiger partial charge in [-0.25, -0.2) is 4.98 Å². The Balaban J connectivity index is 1.24. The van der Waals surface area contributed by atoms with Gasteiger partial charge in [-0.3, -0.25) is 9.59 Å². The number of piperazine rings is 1. The van der Waals surface area contributed by atoms with Crippen LogP contribution in [0, 0.1) is 0 Å². The highest BCUT2D eigenvalue weighted by Gasteiger charge is 2.43. The van der Waals surface area contributed by atoms with Crippen molar-refractivity contribution >= 4 is 22.8 Å². The number of carbonyl (C=O) groups is 2. The quantitative estimate of drug-likeness (QED) is 0.702. The third-order valence-electron chi connectivity index (χ3n) is 6.36. The Labute approximate surface area is 174 Å². The second-order valence-corrected chi connectivity index (χ2v) is 8.28. The fraction of sp³-hybridized carbons (Fsp3) is 0.348. The highest BCUT2D eigenvalue weighted by molar-refractivity contribution is 5.95. The van der Waals surface area contributed by atoms with Gasteiger partial charge in [0, 0.05) is 43.5 Å². The molecule has 0 atom stereocenters. The van der Waals surface area contributed by atoms with Crippen molar-refractivity contribution in [3.05, 3.63) is 54.2 Å². The molecular formula is C23H25N5O2. The molecule has 0 bridgehead atoms. The van der Waals surface area contributed by atoms with Gasteiger partial charge in [0.25, 0.3) is 5.91 Å². The Morgan fingerprint density at radius 1 is 0.933 bits per heavy atom. The summed E-state index contributed by atoms with van der Waals surface area (Å²) in [7, 11) is 0. The van der Waals surface area contributed by atoms with Crippen LogP contribution in [-0.4, -0.2) is 63.3 Å². The van der Waals surface area contributed by atoms with Gasteiger partial charge in [0.1, 0.15) is 0 Å². The maximum atomic E-state index is 12.9. The van der Waals surface area contributed by atoms with E-state index in [1.54, 1.807) is 0 Å². The third kappa shape index (κ3) is 3.25. The van der Waals surface area contributed by atoms with Gasteiger partial charge in [0.05, 0.1) is 22.3 Å². The molecule has 2 amide bonds. The molecule has 0 unspecified atom stereocenters. The van der Waals surface area contributed by atoms with Gasteiger partial charge in [-0.2, -0.15) is 0 Å². The fourth-order valence-electron chi connectivity index (χ4n) is 4.26. The smallest absolute Gasteiger partial charge is 0.253 e. The zero-order valence-electron chi connectivity index (χ0n) is 16.8. The third-order valence-corrected chi connectivity index (χ3v) is 6.36. The summed E-state index contributed by atoms with van der Waals surface area (Å²) in [6.45, 7) is 2.16. The molecule has 1 aliphatic heterocycles. The second-order valence-electron chi connectivity index (χ2n) is 8.28. The van der Waals surface area contributed by atoms with E-state index in [1.165, 1.54) is 0 Å². The minimum absolute atomic E-state index is 0.00574. The van der Waals surface area contributed by atoms with E-state index in [0.29, 0.717) is 31.7 Å². The largest absolute Gasteiger partial charge is 0.360 e. The van der Waals surface area contributed by atoms with Crippen LogP contribution in [0.5, 0.6) is 0 Å². The van der Waals surface area contributed by atoms with Crippen LogP contribution < -0.4 is 5.73 Å². The molecule has 3 aromatic rings. The number of nitrogens with one attached hydrogen (secondary N) is 1. The van der Waals surface area contributed by atoms with E-state index in [0.717, 1.165) is 41.6 Å². The van der Waals surface area contributed by atoms with Crippen molar-refractivity contribution in [2.45, 2.75) is 24.8 Å². The van der Waals surface area contributed by atoms with Crippen molar-refractivity contribution in [3.8, 4) is 11.3 Å². The van der Waals surface area contributed by atoms with E-state index < -0.39 is 5.54 Å². The van der Waals surface area contributed by atoms with E-state index in [4.69, 9.17) is 5.73 Å². The molecule has 3 N–H and O–H groups in total. The summed E-state index contributed by atoms with van der Waals surface area (Å²) in [5.41, 5.74) is 9.92. The van der Waals surface area contributed by atoms with Crippen LogP contribution >= 0.6 is 0 Å². The van der Waals surface area contributed by atoms with Gasteiger partial charge < -0.3 is 20.5 Å². The molecule has 154 valence electrons. The van der Waals surface area contributed by atoms with Crippen LogP contribution in [-0.2, 0) is 4.79 Å². The average Bonchev–Trinajstić information content (AvgIpc) is 3.24. The highest BCUT2D eigenvalue weighted by Crippen LogP contribution is 2.31. The fourth-order valence-corrected chi connectivity index (χ4v) is 4.26. The number of nitrogens with zero attached hydrogens (tertiary/aromatic N) is 3. The van der Waals surface area contributed by atoms with Crippen LogP contribution in [0.1, 0.15) is 29.6 Å². The van der Waals surface area contributed by atoms with E-state index in [1.807, 2.05) is 58.5 Å². The highest BCUT2D eigenvalue weighted by atomic mass is 16.2. The van der Waals surface area contributed by atoms with Crippen LogP contribution in [0.3, 0.4) is 0 Å². The second kappa shape index (κ2) is 7.25. The van der Waals surface area contributed by atoms with Crippen molar-refractivity contribution in [3.63, 3.8) is 0 Å².